The molecule has 1 aromatic rings. The first-order chi connectivity index (χ1) is 15.9. The highest BCUT2D eigenvalue weighted by Gasteiger charge is 2.11. The molecule has 1 heterocycles. The van der Waals surface area contributed by atoms with Gasteiger partial charge in [0.2, 0.25) is 0 Å². The van der Waals surface area contributed by atoms with Crippen LogP contribution in [0.1, 0.15) is 33.3 Å². The molecular weight excluding hydrogens is 443 g/mol. The number of aliphatic imine (C=N–C) groups is 2. The molecule has 1 saturated heterocycles. The van der Waals surface area contributed by atoms with Crippen molar-refractivity contribution in [1.82, 2.24) is 10.2 Å². The van der Waals surface area contributed by atoms with Crippen molar-refractivity contribution >= 4 is 45.6 Å². The Hall–Kier alpha value is -1.94. The Morgan fingerprint density at radius 2 is 2.03 bits per heavy atom. The molecule has 0 aliphatic carbocycles. The molecule has 6 heteroatoms. The first-order valence-corrected chi connectivity index (χ1v) is 13.2. The van der Waals surface area contributed by atoms with Crippen LogP contribution >= 0.6 is 21.0 Å². The molecule has 1 atom stereocenters. The predicted octanol–water partition coefficient (Wildman–Crippen LogP) is 4.19. The number of thioether (sulfide) groups is 1. The SMILES string of the molecule is C=N/C=C(P)\C(=N/CNC/C=C\C(=C/C)N1CCSCC1)c1ccc(=C)/c(=C(\C)C(C)C)c1. The van der Waals surface area contributed by atoms with Crippen LogP contribution in [0.2, 0.25) is 0 Å². The Kier molecular flexibility index (Phi) is 11.9. The second-order valence-electron chi connectivity index (χ2n) is 8.31. The number of hydrogen-bond acceptors (Lipinski definition) is 5. The van der Waals surface area contributed by atoms with E-state index in [9.17, 15) is 0 Å². The second kappa shape index (κ2) is 14.3. The van der Waals surface area contributed by atoms with Gasteiger partial charge in [0.1, 0.15) is 0 Å². The van der Waals surface area contributed by atoms with Gasteiger partial charge in [0, 0.05) is 53.9 Å². The van der Waals surface area contributed by atoms with Crippen LogP contribution in [0.5, 0.6) is 0 Å². The summed E-state index contributed by atoms with van der Waals surface area (Å²) in [5, 5.41) is 6.54. The van der Waals surface area contributed by atoms with E-state index in [0.29, 0.717) is 12.6 Å². The summed E-state index contributed by atoms with van der Waals surface area (Å²) in [5.41, 5.74) is 4.57. The summed E-state index contributed by atoms with van der Waals surface area (Å²) in [4.78, 5) is 11.2. The van der Waals surface area contributed by atoms with Gasteiger partial charge in [-0.3, -0.25) is 15.3 Å². The Morgan fingerprint density at radius 1 is 1.30 bits per heavy atom. The van der Waals surface area contributed by atoms with E-state index < -0.39 is 0 Å². The van der Waals surface area contributed by atoms with Gasteiger partial charge in [0.25, 0.3) is 0 Å². The fourth-order valence-corrected chi connectivity index (χ4v) is 4.85. The molecule has 1 aromatic carbocycles. The van der Waals surface area contributed by atoms with Crippen LogP contribution < -0.4 is 15.8 Å². The van der Waals surface area contributed by atoms with Gasteiger partial charge in [-0.25, -0.2) is 0 Å². The largest absolute Gasteiger partial charge is 0.370 e. The van der Waals surface area contributed by atoms with Gasteiger partial charge in [-0.05, 0) is 49.1 Å². The van der Waals surface area contributed by atoms with Crippen LogP contribution in [0, 0.1) is 5.92 Å². The van der Waals surface area contributed by atoms with E-state index in [1.807, 2.05) is 11.8 Å². The number of nitrogens with one attached hydrogen (secondary N) is 1. The van der Waals surface area contributed by atoms with Crippen LogP contribution in [0.3, 0.4) is 0 Å². The average Bonchev–Trinajstić information content (AvgIpc) is 2.81. The van der Waals surface area contributed by atoms with Crippen molar-refractivity contribution in [2.45, 2.75) is 27.7 Å². The molecule has 1 aliphatic heterocycles. The van der Waals surface area contributed by atoms with Gasteiger partial charge in [0.05, 0.1) is 12.4 Å². The molecule has 0 spiro atoms. The summed E-state index contributed by atoms with van der Waals surface area (Å²) in [7, 11) is 2.74. The summed E-state index contributed by atoms with van der Waals surface area (Å²) in [6, 6.07) is 6.33. The summed E-state index contributed by atoms with van der Waals surface area (Å²) >= 11 is 2.03. The summed E-state index contributed by atoms with van der Waals surface area (Å²) < 4.78 is 0. The summed E-state index contributed by atoms with van der Waals surface area (Å²) in [5.74, 6) is 2.87. The molecule has 1 aliphatic rings. The van der Waals surface area contributed by atoms with E-state index >= 15 is 0 Å². The van der Waals surface area contributed by atoms with E-state index in [4.69, 9.17) is 4.99 Å². The quantitative estimate of drug-likeness (QED) is 0.235. The lowest BCUT2D eigenvalue weighted by Gasteiger charge is -2.29. The highest BCUT2D eigenvalue weighted by molar-refractivity contribution is 7.99. The maximum Gasteiger partial charge on any atom is 0.0894 e. The van der Waals surface area contributed by atoms with Crippen LogP contribution in [0.25, 0.3) is 12.2 Å². The molecule has 0 amide bonds. The molecule has 0 saturated carbocycles. The Balaban J connectivity index is 2.14. The molecule has 0 radical (unpaired) electrons. The Labute approximate surface area is 206 Å². The zero-order valence-electron chi connectivity index (χ0n) is 20.6. The maximum atomic E-state index is 4.85. The molecule has 0 bridgehead atoms. The van der Waals surface area contributed by atoms with Gasteiger partial charge in [0.15, 0.2) is 0 Å². The first-order valence-electron chi connectivity index (χ1n) is 11.5. The highest BCUT2D eigenvalue weighted by Crippen LogP contribution is 2.16. The zero-order chi connectivity index (χ0) is 24.2. The van der Waals surface area contributed by atoms with Gasteiger partial charge in [-0.2, -0.15) is 11.8 Å². The molecule has 1 unspecified atom stereocenters. The third-order valence-corrected chi connectivity index (χ3v) is 7.11. The smallest absolute Gasteiger partial charge is 0.0894 e. The Bertz CT molecular complexity index is 1030. The number of benzene rings is 1. The lowest BCUT2D eigenvalue weighted by molar-refractivity contribution is 0.392. The van der Waals surface area contributed by atoms with Crippen LogP contribution in [-0.4, -0.2) is 55.1 Å². The topological polar surface area (TPSA) is 40.0 Å². The van der Waals surface area contributed by atoms with E-state index in [1.54, 1.807) is 6.20 Å². The Morgan fingerprint density at radius 3 is 2.67 bits per heavy atom. The summed E-state index contributed by atoms with van der Waals surface area (Å²) in [6.45, 7) is 20.0. The van der Waals surface area contributed by atoms with E-state index in [0.717, 1.165) is 41.4 Å². The third kappa shape index (κ3) is 8.41. The van der Waals surface area contributed by atoms with Crippen LogP contribution in [0.4, 0.5) is 0 Å². The van der Waals surface area contributed by atoms with Crippen molar-refractivity contribution in [2.75, 3.05) is 37.8 Å². The maximum absolute atomic E-state index is 4.85. The van der Waals surface area contributed by atoms with Crippen molar-refractivity contribution in [3.05, 3.63) is 69.6 Å². The molecular formula is C27H39N4PS. The number of allylic oxidation sites excluding steroid dienone is 3. The van der Waals surface area contributed by atoms with Crippen molar-refractivity contribution in [3.8, 4) is 0 Å². The van der Waals surface area contributed by atoms with Crippen molar-refractivity contribution in [1.29, 1.82) is 0 Å². The van der Waals surface area contributed by atoms with Gasteiger partial charge in [-0.1, -0.05) is 50.3 Å². The zero-order valence-corrected chi connectivity index (χ0v) is 22.6. The van der Waals surface area contributed by atoms with Crippen molar-refractivity contribution in [3.63, 3.8) is 0 Å². The highest BCUT2D eigenvalue weighted by atomic mass is 32.2. The fraction of sp³-hybridized carbons (Fsp3) is 0.407. The minimum Gasteiger partial charge on any atom is -0.370 e. The minimum atomic E-state index is 0.459. The predicted molar refractivity (Wildman–Crippen MR) is 154 cm³/mol. The van der Waals surface area contributed by atoms with Crippen molar-refractivity contribution < 1.29 is 0 Å². The molecule has 1 fully saturated rings. The number of nitrogens with zero attached hydrogens (tertiary/aromatic N) is 3. The van der Waals surface area contributed by atoms with Gasteiger partial charge in [-0.15, -0.1) is 9.24 Å². The number of rotatable bonds is 10. The first kappa shape index (κ1) is 27.3. The van der Waals surface area contributed by atoms with Crippen molar-refractivity contribution in [2.24, 2.45) is 15.9 Å². The van der Waals surface area contributed by atoms with Crippen LogP contribution in [-0.2, 0) is 0 Å². The summed E-state index contributed by atoms with van der Waals surface area (Å²) in [6.07, 6.45) is 8.30. The molecule has 1 N–H and O–H groups in total. The lowest BCUT2D eigenvalue weighted by Crippen LogP contribution is -2.31. The van der Waals surface area contributed by atoms with Crippen LogP contribution in [0.15, 0.2) is 63.6 Å². The number of hydrogen-bond donors (Lipinski definition) is 1. The van der Waals surface area contributed by atoms with Gasteiger partial charge >= 0.3 is 0 Å². The van der Waals surface area contributed by atoms with E-state index in [2.05, 4.69) is 102 Å². The van der Waals surface area contributed by atoms with Gasteiger partial charge < -0.3 is 4.90 Å². The normalized spacial score (nSPS) is 17.2. The average molecular weight is 483 g/mol. The third-order valence-electron chi connectivity index (χ3n) is 5.75. The van der Waals surface area contributed by atoms with E-state index in [1.165, 1.54) is 28.0 Å². The monoisotopic (exact) mass is 482 g/mol. The fourth-order valence-electron chi connectivity index (χ4n) is 3.58. The lowest BCUT2D eigenvalue weighted by atomic mass is 9.98. The molecule has 4 nitrogen and oxygen atoms in total. The molecule has 33 heavy (non-hydrogen) atoms. The molecule has 2 rings (SSSR count). The van der Waals surface area contributed by atoms with E-state index in [-0.39, 0.29) is 0 Å². The second-order valence-corrected chi connectivity index (χ2v) is 10.2. The molecule has 0 aromatic heterocycles. The standard InChI is InChI=1S/C27H39N4PS/c1-7-24(31-13-15-33-16-14-31)9-8-12-29-19-30-27(26(32)18-28-6)23-11-10-21(4)25(17-23)22(5)20(2)3/h7-11,17-18,20,29H,4,6,12-16,19,32H2,1-3,5H3/b9-8-,24-7+,25-22+,26-18+,30-27-. The molecule has 178 valence electrons. The minimum absolute atomic E-state index is 0.459.